The van der Waals surface area contributed by atoms with Gasteiger partial charge in [0.1, 0.15) is 5.01 Å². The van der Waals surface area contributed by atoms with Crippen LogP contribution in [0.4, 0.5) is 0 Å². The highest BCUT2D eigenvalue weighted by Gasteiger charge is 2.19. The molecule has 2 aromatic rings. The van der Waals surface area contributed by atoms with Crippen LogP contribution in [0.15, 0.2) is 22.9 Å². The van der Waals surface area contributed by atoms with Crippen molar-refractivity contribution in [3.05, 3.63) is 28.6 Å². The van der Waals surface area contributed by atoms with E-state index in [1.54, 1.807) is 27.6 Å². The van der Waals surface area contributed by atoms with Crippen LogP contribution in [0.3, 0.4) is 0 Å². The third-order valence-corrected chi connectivity index (χ3v) is 5.21. The molecule has 1 aliphatic rings. The molecule has 0 aliphatic carbocycles. The maximum atomic E-state index is 12.3. The summed E-state index contributed by atoms with van der Waals surface area (Å²) in [7, 11) is 0. The number of thiophene rings is 1. The molecule has 3 heterocycles. The molecule has 1 N–H and O–H groups in total. The monoisotopic (exact) mass is 321 g/mol. The quantitative estimate of drug-likeness (QED) is 0.937. The molecule has 0 aromatic carbocycles. The van der Waals surface area contributed by atoms with Crippen molar-refractivity contribution in [2.75, 3.05) is 19.6 Å². The normalized spacial score (nSPS) is 15.6. The zero-order valence-electron chi connectivity index (χ0n) is 11.4. The van der Waals surface area contributed by atoms with Crippen LogP contribution in [0.5, 0.6) is 0 Å². The van der Waals surface area contributed by atoms with Crippen LogP contribution in [0.1, 0.15) is 12.1 Å². The largest absolute Gasteiger partial charge is 0.354 e. The average molecular weight is 321 g/mol. The van der Waals surface area contributed by atoms with Crippen molar-refractivity contribution in [1.82, 2.24) is 15.2 Å². The summed E-state index contributed by atoms with van der Waals surface area (Å²) in [6, 6.07) is 4.02. The standard InChI is InChI=1S/C14H15N3O2S2/c18-12-3-5-17(6-4-15-12)13(19)8-10-9-21-14(16-10)11-2-1-7-20-11/h1-2,7,9H,3-6,8H2,(H,15,18). The Hall–Kier alpha value is -1.73. The van der Waals surface area contributed by atoms with E-state index in [4.69, 9.17) is 0 Å². The molecule has 110 valence electrons. The van der Waals surface area contributed by atoms with Gasteiger partial charge in [0.05, 0.1) is 17.0 Å². The van der Waals surface area contributed by atoms with Gasteiger partial charge < -0.3 is 10.2 Å². The van der Waals surface area contributed by atoms with E-state index in [2.05, 4.69) is 10.3 Å². The van der Waals surface area contributed by atoms with Crippen LogP contribution < -0.4 is 5.32 Å². The molecule has 1 saturated heterocycles. The molecule has 1 aliphatic heterocycles. The zero-order chi connectivity index (χ0) is 14.7. The summed E-state index contributed by atoms with van der Waals surface area (Å²) in [5, 5.41) is 7.69. The lowest BCUT2D eigenvalue weighted by atomic mass is 10.3. The van der Waals surface area contributed by atoms with E-state index < -0.39 is 0 Å². The van der Waals surface area contributed by atoms with E-state index in [-0.39, 0.29) is 11.8 Å². The van der Waals surface area contributed by atoms with Gasteiger partial charge in [-0.1, -0.05) is 6.07 Å². The molecule has 0 bridgehead atoms. The first kappa shape index (κ1) is 14.2. The molecule has 0 atom stereocenters. The van der Waals surface area contributed by atoms with Gasteiger partial charge in [0.25, 0.3) is 0 Å². The topological polar surface area (TPSA) is 62.3 Å². The van der Waals surface area contributed by atoms with E-state index in [0.717, 1.165) is 15.6 Å². The van der Waals surface area contributed by atoms with Gasteiger partial charge in [-0.2, -0.15) is 0 Å². The number of thiazole rings is 1. The van der Waals surface area contributed by atoms with Crippen molar-refractivity contribution in [3.8, 4) is 9.88 Å². The van der Waals surface area contributed by atoms with Crippen LogP contribution in [0.25, 0.3) is 9.88 Å². The summed E-state index contributed by atoms with van der Waals surface area (Å²) in [6.45, 7) is 1.60. The fraction of sp³-hybridized carbons (Fsp3) is 0.357. The van der Waals surface area contributed by atoms with Gasteiger partial charge in [-0.05, 0) is 11.4 Å². The van der Waals surface area contributed by atoms with Gasteiger partial charge in [0.2, 0.25) is 11.8 Å². The number of hydrogen-bond donors (Lipinski definition) is 1. The predicted molar refractivity (Wildman–Crippen MR) is 83.3 cm³/mol. The Kier molecular flexibility index (Phi) is 4.31. The van der Waals surface area contributed by atoms with E-state index >= 15 is 0 Å². The molecular weight excluding hydrogens is 306 g/mol. The van der Waals surface area contributed by atoms with Crippen LogP contribution in [0, 0.1) is 0 Å². The molecule has 21 heavy (non-hydrogen) atoms. The molecule has 2 aromatic heterocycles. The van der Waals surface area contributed by atoms with Crippen molar-refractivity contribution in [1.29, 1.82) is 0 Å². The summed E-state index contributed by atoms with van der Waals surface area (Å²) in [4.78, 5) is 31.0. The highest BCUT2D eigenvalue weighted by Crippen LogP contribution is 2.28. The molecule has 0 saturated carbocycles. The van der Waals surface area contributed by atoms with Crippen molar-refractivity contribution < 1.29 is 9.59 Å². The number of carbonyl (C=O) groups is 2. The second-order valence-corrected chi connectivity index (χ2v) is 6.58. The molecule has 0 spiro atoms. The fourth-order valence-corrected chi connectivity index (χ4v) is 3.82. The Morgan fingerprint density at radius 3 is 3.10 bits per heavy atom. The second-order valence-electron chi connectivity index (χ2n) is 4.78. The number of amides is 2. The number of rotatable bonds is 3. The van der Waals surface area contributed by atoms with Gasteiger partial charge in [-0.3, -0.25) is 9.59 Å². The van der Waals surface area contributed by atoms with Crippen LogP contribution >= 0.6 is 22.7 Å². The summed E-state index contributed by atoms with van der Waals surface area (Å²) < 4.78 is 0. The molecule has 0 unspecified atom stereocenters. The van der Waals surface area contributed by atoms with E-state index in [1.807, 2.05) is 22.9 Å². The second kappa shape index (κ2) is 6.36. The molecule has 0 radical (unpaired) electrons. The highest BCUT2D eigenvalue weighted by atomic mass is 32.1. The lowest BCUT2D eigenvalue weighted by Crippen LogP contribution is -2.35. The minimum Gasteiger partial charge on any atom is -0.354 e. The third kappa shape index (κ3) is 3.48. The Labute approximate surface area is 130 Å². The van der Waals surface area contributed by atoms with Crippen LogP contribution in [0.2, 0.25) is 0 Å². The number of nitrogens with one attached hydrogen (secondary N) is 1. The Morgan fingerprint density at radius 1 is 1.38 bits per heavy atom. The Bertz CT molecular complexity index is 636. The first-order chi connectivity index (χ1) is 10.2. The molecular formula is C14H15N3O2S2. The van der Waals surface area contributed by atoms with E-state index in [9.17, 15) is 9.59 Å². The third-order valence-electron chi connectivity index (χ3n) is 3.28. The summed E-state index contributed by atoms with van der Waals surface area (Å²) in [5.41, 5.74) is 0.803. The van der Waals surface area contributed by atoms with E-state index in [1.165, 1.54) is 0 Å². The van der Waals surface area contributed by atoms with Gasteiger partial charge in [0, 0.05) is 31.4 Å². The smallest absolute Gasteiger partial charge is 0.228 e. The van der Waals surface area contributed by atoms with Gasteiger partial charge in [-0.25, -0.2) is 4.98 Å². The number of hydrogen-bond acceptors (Lipinski definition) is 5. The van der Waals surface area contributed by atoms with Crippen molar-refractivity contribution in [2.24, 2.45) is 0 Å². The predicted octanol–water partition coefficient (Wildman–Crippen LogP) is 1.76. The lowest BCUT2D eigenvalue weighted by molar-refractivity contribution is -0.130. The van der Waals surface area contributed by atoms with Crippen LogP contribution in [-0.2, 0) is 16.0 Å². The molecule has 5 nitrogen and oxygen atoms in total. The molecule has 1 fully saturated rings. The van der Waals surface area contributed by atoms with Gasteiger partial charge in [0.15, 0.2) is 0 Å². The Balaban J connectivity index is 1.63. The molecule has 7 heteroatoms. The summed E-state index contributed by atoms with van der Waals surface area (Å²) in [5.74, 6) is 0.0495. The van der Waals surface area contributed by atoms with Crippen molar-refractivity contribution in [3.63, 3.8) is 0 Å². The van der Waals surface area contributed by atoms with Crippen molar-refractivity contribution in [2.45, 2.75) is 12.8 Å². The minimum absolute atomic E-state index is 0.0129. The SMILES string of the molecule is O=C1CCN(C(=O)Cc2csc(-c3cccs3)n2)CCN1. The number of nitrogens with zero attached hydrogens (tertiary/aromatic N) is 2. The summed E-state index contributed by atoms with van der Waals surface area (Å²) in [6.07, 6.45) is 0.680. The van der Waals surface area contributed by atoms with Crippen LogP contribution in [-0.4, -0.2) is 41.3 Å². The minimum atomic E-state index is 0.0129. The molecule has 3 rings (SSSR count). The Morgan fingerprint density at radius 2 is 2.29 bits per heavy atom. The van der Waals surface area contributed by atoms with Gasteiger partial charge in [-0.15, -0.1) is 22.7 Å². The average Bonchev–Trinajstić information content (AvgIpc) is 3.09. The van der Waals surface area contributed by atoms with E-state index in [0.29, 0.717) is 32.5 Å². The first-order valence-corrected chi connectivity index (χ1v) is 8.51. The summed E-state index contributed by atoms with van der Waals surface area (Å²) >= 11 is 3.21. The fourth-order valence-electron chi connectivity index (χ4n) is 2.18. The molecule has 2 amide bonds. The number of aromatic nitrogens is 1. The first-order valence-electron chi connectivity index (χ1n) is 6.75. The zero-order valence-corrected chi connectivity index (χ0v) is 13.0. The number of carbonyl (C=O) groups excluding carboxylic acids is 2. The highest BCUT2D eigenvalue weighted by molar-refractivity contribution is 7.20. The van der Waals surface area contributed by atoms with Crippen molar-refractivity contribution >= 4 is 34.5 Å². The maximum absolute atomic E-state index is 12.3. The maximum Gasteiger partial charge on any atom is 0.228 e. The van der Waals surface area contributed by atoms with Gasteiger partial charge >= 0.3 is 0 Å². The lowest BCUT2D eigenvalue weighted by Gasteiger charge is -2.18.